The topological polar surface area (TPSA) is 163 Å². The number of amides is 1. The van der Waals surface area contributed by atoms with Gasteiger partial charge < -0.3 is 30.2 Å². The maximum absolute atomic E-state index is 13.6. The number of carbonyl (C=O) groups is 3. The van der Waals surface area contributed by atoms with E-state index in [1.807, 2.05) is 6.92 Å². The van der Waals surface area contributed by atoms with Gasteiger partial charge in [0.15, 0.2) is 0 Å². The van der Waals surface area contributed by atoms with Crippen LogP contribution in [0.2, 0.25) is 0 Å². The number of hydrogen-bond donors (Lipinski definition) is 3. The number of benzene rings is 1. The van der Waals surface area contributed by atoms with E-state index in [2.05, 4.69) is 5.32 Å². The van der Waals surface area contributed by atoms with Crippen LogP contribution in [-0.4, -0.2) is 45.1 Å². The summed E-state index contributed by atoms with van der Waals surface area (Å²) in [6.07, 6.45) is 0.682. The number of phenols is 1. The van der Waals surface area contributed by atoms with Crippen LogP contribution in [0, 0.1) is 0 Å². The minimum Gasteiger partial charge on any atom is -0.508 e. The summed E-state index contributed by atoms with van der Waals surface area (Å²) in [4.78, 5) is 56.2. The van der Waals surface area contributed by atoms with Crippen molar-refractivity contribution in [2.24, 2.45) is 5.73 Å². The van der Waals surface area contributed by atoms with Crippen molar-refractivity contribution in [1.29, 1.82) is 0 Å². The van der Waals surface area contributed by atoms with Gasteiger partial charge in [0.2, 0.25) is 11.5 Å². The molecule has 2 aliphatic rings. The first-order valence-electron chi connectivity index (χ1n) is 12.4. The zero-order valence-electron chi connectivity index (χ0n) is 21.3. The van der Waals surface area contributed by atoms with Gasteiger partial charge in [0.25, 0.3) is 5.56 Å². The lowest BCUT2D eigenvalue weighted by atomic mass is 9.89. The van der Waals surface area contributed by atoms with Crippen LogP contribution in [0.3, 0.4) is 0 Å². The molecule has 0 bridgehead atoms. The van der Waals surface area contributed by atoms with Crippen molar-refractivity contribution < 1.29 is 29.0 Å². The lowest BCUT2D eigenvalue weighted by Gasteiger charge is -2.34. The second-order valence-electron chi connectivity index (χ2n) is 9.64. The maximum Gasteiger partial charge on any atom is 0.355 e. The standard InChI is InChI=1S/C27H28N4O7/c1-4-15-16-9-14(32)5-6-20(16)30-23-17(15)11-31-21(23)10-19-18(24(31)34)12-37-26(36)27(19,3)38-25(35)13(2)29-22(33)7-8-28/h5-6,9-10,13,32H,4,7-8,11-12,28H2,1-3H3,(H,29,33)/t13-,27-/m0/s1. The molecule has 1 aromatic carbocycles. The Balaban J connectivity index is 1.61. The third-order valence-corrected chi connectivity index (χ3v) is 7.16. The van der Waals surface area contributed by atoms with Crippen molar-refractivity contribution in [1.82, 2.24) is 14.9 Å². The van der Waals surface area contributed by atoms with E-state index in [9.17, 15) is 24.3 Å². The van der Waals surface area contributed by atoms with Gasteiger partial charge >= 0.3 is 11.9 Å². The van der Waals surface area contributed by atoms with Gasteiger partial charge in [-0.3, -0.25) is 9.59 Å². The molecule has 0 radical (unpaired) electrons. The molecule has 4 N–H and O–H groups in total. The molecule has 0 saturated heterocycles. The number of aryl methyl sites for hydroxylation is 1. The number of rotatable bonds is 6. The molecule has 198 valence electrons. The minimum atomic E-state index is -1.91. The van der Waals surface area contributed by atoms with Crippen molar-refractivity contribution >= 4 is 28.7 Å². The molecule has 4 heterocycles. The molecule has 1 amide bonds. The number of esters is 2. The lowest BCUT2D eigenvalue weighted by molar-refractivity contribution is -0.187. The Labute approximate surface area is 217 Å². The highest BCUT2D eigenvalue weighted by atomic mass is 16.6. The number of phenolic OH excluding ortho intramolecular Hbond substituents is 1. The molecular weight excluding hydrogens is 492 g/mol. The van der Waals surface area contributed by atoms with Crippen LogP contribution in [0.15, 0.2) is 29.1 Å². The Hall–Kier alpha value is -4.25. The van der Waals surface area contributed by atoms with E-state index in [0.29, 0.717) is 23.3 Å². The average molecular weight is 521 g/mol. The Bertz CT molecular complexity index is 1580. The van der Waals surface area contributed by atoms with Crippen molar-refractivity contribution in [2.75, 3.05) is 6.54 Å². The fourth-order valence-electron chi connectivity index (χ4n) is 5.18. The summed E-state index contributed by atoms with van der Waals surface area (Å²) in [5.41, 5.74) is 7.09. The van der Waals surface area contributed by atoms with Gasteiger partial charge in [-0.15, -0.1) is 0 Å². The summed E-state index contributed by atoms with van der Waals surface area (Å²) < 4.78 is 12.5. The van der Waals surface area contributed by atoms with Crippen LogP contribution in [0.25, 0.3) is 22.3 Å². The molecule has 0 saturated carbocycles. The Morgan fingerprint density at radius 1 is 1.29 bits per heavy atom. The number of pyridine rings is 2. The van der Waals surface area contributed by atoms with Crippen LogP contribution in [0.5, 0.6) is 5.75 Å². The number of hydrogen-bond acceptors (Lipinski definition) is 9. The first-order chi connectivity index (χ1) is 18.1. The number of nitrogens with zero attached hydrogens (tertiary/aromatic N) is 2. The average Bonchev–Trinajstić information content (AvgIpc) is 3.24. The van der Waals surface area contributed by atoms with Crippen LogP contribution < -0.4 is 16.6 Å². The number of aromatic nitrogens is 2. The second-order valence-corrected chi connectivity index (χ2v) is 9.64. The summed E-state index contributed by atoms with van der Waals surface area (Å²) >= 11 is 0. The molecule has 2 atom stereocenters. The van der Waals surface area contributed by atoms with Gasteiger partial charge in [0, 0.05) is 29.5 Å². The summed E-state index contributed by atoms with van der Waals surface area (Å²) in [5, 5.41) is 13.3. The van der Waals surface area contributed by atoms with Crippen molar-refractivity contribution in [2.45, 2.75) is 58.4 Å². The zero-order valence-corrected chi connectivity index (χ0v) is 21.3. The van der Waals surface area contributed by atoms with Gasteiger partial charge in [-0.05, 0) is 50.1 Å². The third kappa shape index (κ3) is 3.90. The molecule has 2 aliphatic heterocycles. The molecule has 0 unspecified atom stereocenters. The molecule has 11 nitrogen and oxygen atoms in total. The molecule has 38 heavy (non-hydrogen) atoms. The number of carbonyl (C=O) groups excluding carboxylic acids is 3. The van der Waals surface area contributed by atoms with Gasteiger partial charge in [-0.1, -0.05) is 6.92 Å². The summed E-state index contributed by atoms with van der Waals surface area (Å²) in [6, 6.07) is 5.53. The number of nitrogens with two attached hydrogens (primary N) is 1. The number of aromatic hydroxyl groups is 1. The van der Waals surface area contributed by atoms with Crippen LogP contribution >= 0.6 is 0 Å². The van der Waals surface area contributed by atoms with Crippen LogP contribution in [0.4, 0.5) is 0 Å². The largest absolute Gasteiger partial charge is 0.508 e. The van der Waals surface area contributed by atoms with Gasteiger partial charge in [0.1, 0.15) is 18.4 Å². The first kappa shape index (κ1) is 25.4. The van der Waals surface area contributed by atoms with Gasteiger partial charge in [-0.25, -0.2) is 14.6 Å². The fourth-order valence-corrected chi connectivity index (χ4v) is 5.18. The van der Waals surface area contributed by atoms with Gasteiger partial charge in [-0.2, -0.15) is 0 Å². The Morgan fingerprint density at radius 3 is 2.76 bits per heavy atom. The van der Waals surface area contributed by atoms with Crippen LogP contribution in [-0.2, 0) is 49.0 Å². The van der Waals surface area contributed by atoms with E-state index in [1.54, 1.807) is 28.8 Å². The van der Waals surface area contributed by atoms with Crippen molar-refractivity contribution in [3.05, 3.63) is 56.9 Å². The van der Waals surface area contributed by atoms with Crippen molar-refractivity contribution in [3.8, 4) is 17.1 Å². The molecule has 2 aromatic heterocycles. The molecule has 5 rings (SSSR count). The normalized spacial score (nSPS) is 18.3. The predicted octanol–water partition coefficient (Wildman–Crippen LogP) is 1.36. The Morgan fingerprint density at radius 2 is 2.05 bits per heavy atom. The van der Waals surface area contributed by atoms with Crippen LogP contribution in [0.1, 0.15) is 49.4 Å². The lowest BCUT2D eigenvalue weighted by Crippen LogP contribution is -2.49. The monoisotopic (exact) mass is 520 g/mol. The highest BCUT2D eigenvalue weighted by molar-refractivity contribution is 5.91. The summed E-state index contributed by atoms with van der Waals surface area (Å²) in [7, 11) is 0. The first-order valence-corrected chi connectivity index (χ1v) is 12.4. The smallest absolute Gasteiger partial charge is 0.355 e. The fraction of sp³-hybridized carbons (Fsp3) is 0.370. The highest BCUT2D eigenvalue weighted by Gasteiger charge is 2.48. The zero-order chi connectivity index (χ0) is 27.4. The number of cyclic esters (lactones) is 1. The summed E-state index contributed by atoms with van der Waals surface area (Å²) in [5.74, 6) is -1.99. The third-order valence-electron chi connectivity index (χ3n) is 7.16. The SMILES string of the molecule is CCc1c2c(nc3ccc(O)cc13)-c1cc3c(c(=O)n1C2)COC(=O)[C@@]3(C)OC(=O)[C@H](C)NC(=O)CCN. The highest BCUT2D eigenvalue weighted by Crippen LogP contribution is 2.41. The molecule has 3 aromatic rings. The molecule has 11 heteroatoms. The summed E-state index contributed by atoms with van der Waals surface area (Å²) in [6.45, 7) is 4.93. The van der Waals surface area contributed by atoms with E-state index in [1.165, 1.54) is 13.8 Å². The van der Waals surface area contributed by atoms with E-state index < -0.39 is 29.5 Å². The van der Waals surface area contributed by atoms with Crippen molar-refractivity contribution in [3.63, 3.8) is 0 Å². The van der Waals surface area contributed by atoms with E-state index >= 15 is 0 Å². The quantitative estimate of drug-likeness (QED) is 0.319. The second kappa shape index (κ2) is 9.25. The minimum absolute atomic E-state index is 0.0309. The molecule has 0 aliphatic carbocycles. The predicted molar refractivity (Wildman–Crippen MR) is 136 cm³/mol. The van der Waals surface area contributed by atoms with E-state index in [0.717, 1.165) is 16.5 Å². The number of ether oxygens (including phenoxy) is 2. The van der Waals surface area contributed by atoms with E-state index in [4.69, 9.17) is 20.2 Å². The number of fused-ring (bicyclic) bond motifs is 5. The van der Waals surface area contributed by atoms with Gasteiger partial charge in [0.05, 0.1) is 29.0 Å². The maximum atomic E-state index is 13.6. The Kier molecular flexibility index (Phi) is 6.18. The van der Waals surface area contributed by atoms with E-state index in [-0.39, 0.29) is 48.6 Å². The number of nitrogens with one attached hydrogen (secondary N) is 1. The molecule has 0 fully saturated rings. The molecule has 0 spiro atoms. The molecular formula is C27H28N4O7.